The normalized spacial score (nSPS) is 18.0. The third-order valence-electron chi connectivity index (χ3n) is 5.17. The molecule has 6 N–H and O–H groups in total. The van der Waals surface area contributed by atoms with Crippen molar-refractivity contribution in [3.63, 3.8) is 0 Å². The molecule has 166 valence electrons. The Morgan fingerprint density at radius 1 is 1.09 bits per heavy atom. The first kappa shape index (κ1) is 21.0. The molecule has 1 aliphatic rings. The van der Waals surface area contributed by atoms with Crippen molar-refractivity contribution in [1.82, 2.24) is 30.3 Å². The van der Waals surface area contributed by atoms with Gasteiger partial charge in [0.1, 0.15) is 5.82 Å². The van der Waals surface area contributed by atoms with Gasteiger partial charge < -0.3 is 26.8 Å². The Kier molecular flexibility index (Phi) is 6.10. The molecule has 1 aliphatic carbocycles. The molecule has 1 fully saturated rings. The summed E-state index contributed by atoms with van der Waals surface area (Å²) >= 11 is 0. The summed E-state index contributed by atoms with van der Waals surface area (Å²) in [5.41, 5.74) is 5.77. The highest BCUT2D eigenvalue weighted by molar-refractivity contribution is 5.97. The SMILES string of the molecule is NC(=O)c1nnc(N[C@@H]2CCCC[C@@H]2NC(=O)O)cc1Nc1cccc(-n2cccn2)n1. The van der Waals surface area contributed by atoms with Crippen LogP contribution in [0.25, 0.3) is 5.82 Å². The Bertz CT molecular complexity index is 1100. The molecule has 3 heterocycles. The van der Waals surface area contributed by atoms with Crippen molar-refractivity contribution < 1.29 is 14.7 Å². The molecule has 2 atom stereocenters. The first-order chi connectivity index (χ1) is 15.5. The number of nitrogens with one attached hydrogen (secondary N) is 3. The second-order valence-corrected chi connectivity index (χ2v) is 7.40. The minimum atomic E-state index is -1.07. The van der Waals surface area contributed by atoms with Gasteiger partial charge in [0.15, 0.2) is 17.3 Å². The number of carboxylic acid groups (broad SMARTS) is 1. The highest BCUT2D eigenvalue weighted by Crippen LogP contribution is 2.25. The number of rotatable bonds is 7. The van der Waals surface area contributed by atoms with Crippen LogP contribution >= 0.6 is 0 Å². The van der Waals surface area contributed by atoms with Crippen molar-refractivity contribution in [2.75, 3.05) is 10.6 Å². The summed E-state index contributed by atoms with van der Waals surface area (Å²) in [6, 6.07) is 8.33. The predicted molar refractivity (Wildman–Crippen MR) is 116 cm³/mol. The van der Waals surface area contributed by atoms with E-state index in [-0.39, 0.29) is 17.8 Å². The maximum Gasteiger partial charge on any atom is 0.404 e. The van der Waals surface area contributed by atoms with Crippen molar-refractivity contribution in [3.8, 4) is 5.82 Å². The van der Waals surface area contributed by atoms with Crippen LogP contribution in [0, 0.1) is 0 Å². The lowest BCUT2D eigenvalue weighted by molar-refractivity contribution is 0.0995. The highest BCUT2D eigenvalue weighted by Gasteiger charge is 2.27. The number of amides is 2. The van der Waals surface area contributed by atoms with Gasteiger partial charge in [-0.25, -0.2) is 14.5 Å². The molecule has 12 nitrogen and oxygen atoms in total. The van der Waals surface area contributed by atoms with Crippen LogP contribution in [0.2, 0.25) is 0 Å². The van der Waals surface area contributed by atoms with Gasteiger partial charge in [-0.3, -0.25) is 4.79 Å². The van der Waals surface area contributed by atoms with Gasteiger partial charge in [-0.1, -0.05) is 18.9 Å². The van der Waals surface area contributed by atoms with E-state index in [1.807, 2.05) is 0 Å². The van der Waals surface area contributed by atoms with Gasteiger partial charge in [0.2, 0.25) is 0 Å². The van der Waals surface area contributed by atoms with Gasteiger partial charge in [-0.05, 0) is 31.0 Å². The Morgan fingerprint density at radius 2 is 1.91 bits per heavy atom. The number of nitrogens with zero attached hydrogens (tertiary/aromatic N) is 5. The third kappa shape index (κ3) is 4.91. The molecule has 3 aromatic heterocycles. The zero-order valence-corrected chi connectivity index (χ0v) is 17.1. The molecular formula is C20H23N9O3. The van der Waals surface area contributed by atoms with Gasteiger partial charge in [0, 0.05) is 24.5 Å². The lowest BCUT2D eigenvalue weighted by Crippen LogP contribution is -2.48. The molecule has 32 heavy (non-hydrogen) atoms. The number of primary amides is 1. The summed E-state index contributed by atoms with van der Waals surface area (Å²) in [4.78, 5) is 27.5. The van der Waals surface area contributed by atoms with E-state index in [1.54, 1.807) is 47.4 Å². The van der Waals surface area contributed by atoms with Crippen molar-refractivity contribution in [2.45, 2.75) is 37.8 Å². The monoisotopic (exact) mass is 437 g/mol. The van der Waals surface area contributed by atoms with Crippen LogP contribution in [-0.4, -0.2) is 54.2 Å². The van der Waals surface area contributed by atoms with E-state index in [1.165, 1.54) is 0 Å². The lowest BCUT2D eigenvalue weighted by atomic mass is 9.90. The van der Waals surface area contributed by atoms with E-state index in [0.717, 1.165) is 25.7 Å². The van der Waals surface area contributed by atoms with Crippen molar-refractivity contribution >= 4 is 29.3 Å². The topological polar surface area (TPSA) is 173 Å². The number of hydrogen-bond acceptors (Lipinski definition) is 8. The van der Waals surface area contributed by atoms with Gasteiger partial charge in [-0.15, -0.1) is 10.2 Å². The Morgan fingerprint density at radius 3 is 2.62 bits per heavy atom. The van der Waals surface area contributed by atoms with E-state index in [4.69, 9.17) is 10.8 Å². The van der Waals surface area contributed by atoms with E-state index >= 15 is 0 Å². The summed E-state index contributed by atoms with van der Waals surface area (Å²) in [5.74, 6) is 0.705. The fourth-order valence-corrected chi connectivity index (χ4v) is 3.73. The van der Waals surface area contributed by atoms with E-state index in [2.05, 4.69) is 36.2 Å². The molecular weight excluding hydrogens is 414 g/mol. The fourth-order valence-electron chi connectivity index (χ4n) is 3.73. The molecule has 0 spiro atoms. The summed E-state index contributed by atoms with van der Waals surface area (Å²) in [7, 11) is 0. The van der Waals surface area contributed by atoms with Crippen molar-refractivity contribution in [3.05, 3.63) is 48.4 Å². The van der Waals surface area contributed by atoms with Crippen molar-refractivity contribution in [1.29, 1.82) is 0 Å². The minimum Gasteiger partial charge on any atom is -0.465 e. The van der Waals surface area contributed by atoms with Crippen LogP contribution in [0.1, 0.15) is 36.2 Å². The number of pyridine rings is 1. The van der Waals surface area contributed by atoms with Crippen LogP contribution in [-0.2, 0) is 0 Å². The quantitative estimate of drug-likeness (QED) is 0.370. The number of nitrogens with two attached hydrogens (primary N) is 1. The maximum absolute atomic E-state index is 11.9. The number of hydrogen-bond donors (Lipinski definition) is 5. The molecule has 3 aromatic rings. The number of aromatic nitrogens is 5. The van der Waals surface area contributed by atoms with Crippen LogP contribution in [0.4, 0.5) is 22.1 Å². The standard InChI is InChI=1S/C20H23N9O3/c21-19(30)18-14(24-15-7-3-8-17(26-15)29-10-4-9-22-29)11-16(27-28-18)23-12-5-1-2-6-13(12)25-20(31)32/h3-4,7-13,25H,1-2,5-6H2,(H2,21,30)(H,31,32)(H2,23,24,26,27)/t12-,13+/m1/s1. The molecule has 0 aromatic carbocycles. The summed E-state index contributed by atoms with van der Waals surface area (Å²) in [5, 5.41) is 30.1. The summed E-state index contributed by atoms with van der Waals surface area (Å²) in [6.45, 7) is 0. The average molecular weight is 437 g/mol. The molecule has 0 unspecified atom stereocenters. The van der Waals surface area contributed by atoms with Crippen LogP contribution in [0.3, 0.4) is 0 Å². The first-order valence-electron chi connectivity index (χ1n) is 10.2. The van der Waals surface area contributed by atoms with Gasteiger partial charge in [0.25, 0.3) is 5.91 Å². The zero-order valence-electron chi connectivity index (χ0n) is 17.1. The number of carbonyl (C=O) groups is 2. The van der Waals surface area contributed by atoms with Crippen LogP contribution in [0.5, 0.6) is 0 Å². The molecule has 0 radical (unpaired) electrons. The maximum atomic E-state index is 11.9. The van der Waals surface area contributed by atoms with E-state index in [0.29, 0.717) is 23.1 Å². The smallest absolute Gasteiger partial charge is 0.404 e. The average Bonchev–Trinajstić information content (AvgIpc) is 3.30. The Balaban J connectivity index is 1.58. The van der Waals surface area contributed by atoms with Crippen LogP contribution in [0.15, 0.2) is 42.7 Å². The summed E-state index contributed by atoms with van der Waals surface area (Å²) < 4.78 is 1.61. The van der Waals surface area contributed by atoms with Gasteiger partial charge in [-0.2, -0.15) is 5.10 Å². The minimum absolute atomic E-state index is 0.0364. The molecule has 0 aliphatic heterocycles. The van der Waals surface area contributed by atoms with E-state index < -0.39 is 12.0 Å². The number of carbonyl (C=O) groups excluding carboxylic acids is 1. The molecule has 0 saturated heterocycles. The van der Waals surface area contributed by atoms with Crippen molar-refractivity contribution in [2.24, 2.45) is 5.73 Å². The van der Waals surface area contributed by atoms with Gasteiger partial charge >= 0.3 is 6.09 Å². The second kappa shape index (κ2) is 9.29. The predicted octanol–water partition coefficient (Wildman–Crippen LogP) is 1.89. The molecule has 2 amide bonds. The Labute approximate surface area is 183 Å². The summed E-state index contributed by atoms with van der Waals surface area (Å²) in [6.07, 6.45) is 5.77. The third-order valence-corrected chi connectivity index (χ3v) is 5.17. The fraction of sp³-hybridized carbons (Fsp3) is 0.300. The number of anilines is 3. The second-order valence-electron chi connectivity index (χ2n) is 7.40. The molecule has 0 bridgehead atoms. The van der Waals surface area contributed by atoms with Gasteiger partial charge in [0.05, 0.1) is 11.7 Å². The van der Waals surface area contributed by atoms with Crippen LogP contribution < -0.4 is 21.7 Å². The molecule has 1 saturated carbocycles. The highest BCUT2D eigenvalue weighted by atomic mass is 16.4. The first-order valence-corrected chi connectivity index (χ1v) is 10.2. The molecule has 12 heteroatoms. The Hall–Kier alpha value is -4.22. The largest absolute Gasteiger partial charge is 0.465 e. The van der Waals surface area contributed by atoms with E-state index in [9.17, 15) is 9.59 Å². The lowest BCUT2D eigenvalue weighted by Gasteiger charge is -2.32. The zero-order chi connectivity index (χ0) is 22.5. The molecule has 4 rings (SSSR count).